The number of nitrogens with one attached hydrogen (secondary N) is 1. The molecule has 0 saturated heterocycles. The molecular weight excluding hydrogens is 562 g/mol. The van der Waals surface area contributed by atoms with Gasteiger partial charge in [-0.15, -0.1) is 0 Å². The molecule has 0 fully saturated rings. The van der Waals surface area contributed by atoms with E-state index >= 15 is 0 Å². The fourth-order valence-electron chi connectivity index (χ4n) is 4.28. The predicted octanol–water partition coefficient (Wildman–Crippen LogP) is 4.72. The molecule has 1 N–H and O–H groups in total. The first kappa shape index (κ1) is 31.8. The van der Waals surface area contributed by atoms with E-state index in [2.05, 4.69) is 5.32 Å². The van der Waals surface area contributed by atoms with E-state index in [0.717, 1.165) is 16.1 Å². The highest BCUT2D eigenvalue weighted by Gasteiger charge is 2.33. The molecule has 0 unspecified atom stereocenters. The molecule has 3 aromatic rings. The van der Waals surface area contributed by atoms with Gasteiger partial charge in [0.15, 0.2) is 5.78 Å². The first-order chi connectivity index (χ1) is 19.4. The Morgan fingerprint density at radius 3 is 2.20 bits per heavy atom. The molecule has 3 aromatic carbocycles. The maximum absolute atomic E-state index is 14.1. The standard InChI is InChI=1S/C31H36ClN3O5S/c1-22(2)19-33-31(38)29(17-24-11-6-5-7-12-24)34(20-26-13-8-9-16-28(26)32)30(37)21-35(41(4,39)40)27-15-10-14-25(18-27)23(3)36/h5-16,18,22,29H,17,19-21H2,1-4H3,(H,33,38)/t29-/m0/s1. The van der Waals surface area contributed by atoms with Crippen LogP contribution in [0.4, 0.5) is 5.69 Å². The Balaban J connectivity index is 2.08. The Hall–Kier alpha value is -3.69. The van der Waals surface area contributed by atoms with Gasteiger partial charge >= 0.3 is 0 Å². The molecule has 41 heavy (non-hydrogen) atoms. The van der Waals surface area contributed by atoms with Gasteiger partial charge in [0.25, 0.3) is 0 Å². The van der Waals surface area contributed by atoms with Crippen LogP contribution >= 0.6 is 11.6 Å². The Kier molecular flexibility index (Phi) is 11.1. The monoisotopic (exact) mass is 597 g/mol. The van der Waals surface area contributed by atoms with Gasteiger partial charge in [0, 0.05) is 30.1 Å². The number of ketones is 1. The van der Waals surface area contributed by atoms with Gasteiger partial charge in [-0.2, -0.15) is 0 Å². The molecule has 0 aliphatic carbocycles. The summed E-state index contributed by atoms with van der Waals surface area (Å²) < 4.78 is 26.8. The SMILES string of the molecule is CC(=O)c1cccc(N(CC(=O)N(Cc2ccccc2Cl)[C@@H](Cc2ccccc2)C(=O)NCC(C)C)S(C)(=O)=O)c1. The molecular formula is C31H36ClN3O5S. The highest BCUT2D eigenvalue weighted by molar-refractivity contribution is 7.92. The molecule has 1 atom stereocenters. The Bertz CT molecular complexity index is 1480. The van der Waals surface area contributed by atoms with Gasteiger partial charge in [-0.25, -0.2) is 8.42 Å². The first-order valence-electron chi connectivity index (χ1n) is 13.3. The largest absolute Gasteiger partial charge is 0.354 e. The first-order valence-corrected chi connectivity index (χ1v) is 15.5. The molecule has 0 bridgehead atoms. The van der Waals surface area contributed by atoms with Crippen LogP contribution in [0, 0.1) is 5.92 Å². The maximum Gasteiger partial charge on any atom is 0.244 e. The molecule has 0 heterocycles. The third-order valence-electron chi connectivity index (χ3n) is 6.47. The van der Waals surface area contributed by atoms with E-state index in [4.69, 9.17) is 11.6 Å². The van der Waals surface area contributed by atoms with E-state index in [9.17, 15) is 22.8 Å². The highest BCUT2D eigenvalue weighted by Crippen LogP contribution is 2.23. The number of sulfonamides is 1. The third kappa shape index (κ3) is 9.16. The summed E-state index contributed by atoms with van der Waals surface area (Å²) in [6.07, 6.45) is 1.20. The summed E-state index contributed by atoms with van der Waals surface area (Å²) in [6.45, 7) is 5.13. The second kappa shape index (κ2) is 14.3. The number of hydrogen-bond donors (Lipinski definition) is 1. The Morgan fingerprint density at radius 2 is 1.59 bits per heavy atom. The number of carbonyl (C=O) groups is 3. The molecule has 0 aliphatic rings. The van der Waals surface area contributed by atoms with E-state index in [1.807, 2.05) is 44.2 Å². The summed E-state index contributed by atoms with van der Waals surface area (Å²) >= 11 is 6.46. The molecule has 3 rings (SSSR count). The van der Waals surface area contributed by atoms with Crippen molar-refractivity contribution in [2.24, 2.45) is 5.92 Å². The molecule has 0 spiro atoms. The van der Waals surface area contributed by atoms with Crippen LogP contribution in [0.3, 0.4) is 0 Å². The Labute approximate surface area is 247 Å². The fourth-order valence-corrected chi connectivity index (χ4v) is 5.32. The van der Waals surface area contributed by atoms with E-state index in [0.29, 0.717) is 22.7 Å². The average molecular weight is 598 g/mol. The van der Waals surface area contributed by atoms with Crippen LogP contribution in [-0.4, -0.2) is 56.3 Å². The van der Waals surface area contributed by atoms with Crippen molar-refractivity contribution in [1.82, 2.24) is 10.2 Å². The minimum atomic E-state index is -3.95. The number of halogens is 1. The van der Waals surface area contributed by atoms with Gasteiger partial charge < -0.3 is 10.2 Å². The van der Waals surface area contributed by atoms with Crippen LogP contribution in [0.5, 0.6) is 0 Å². The smallest absolute Gasteiger partial charge is 0.244 e. The van der Waals surface area contributed by atoms with Crippen molar-refractivity contribution in [3.05, 3.63) is 101 Å². The van der Waals surface area contributed by atoms with Crippen LogP contribution in [0.25, 0.3) is 0 Å². The van der Waals surface area contributed by atoms with Crippen molar-refractivity contribution in [3.63, 3.8) is 0 Å². The van der Waals surface area contributed by atoms with Crippen molar-refractivity contribution >= 4 is 44.9 Å². The minimum absolute atomic E-state index is 0.0177. The minimum Gasteiger partial charge on any atom is -0.354 e. The van der Waals surface area contributed by atoms with E-state index in [1.165, 1.54) is 24.0 Å². The number of carbonyl (C=O) groups excluding carboxylic acids is 3. The second-order valence-electron chi connectivity index (χ2n) is 10.3. The van der Waals surface area contributed by atoms with Crippen molar-refractivity contribution in [2.45, 2.75) is 39.8 Å². The number of benzene rings is 3. The van der Waals surface area contributed by atoms with Gasteiger partial charge in [0.05, 0.1) is 11.9 Å². The van der Waals surface area contributed by atoms with Gasteiger partial charge in [-0.05, 0) is 42.2 Å². The lowest BCUT2D eigenvalue weighted by Gasteiger charge is -2.34. The number of Topliss-reactive ketones (excluding diaryl/α,β-unsaturated/α-hetero) is 1. The van der Waals surface area contributed by atoms with Crippen LogP contribution in [0.1, 0.15) is 42.3 Å². The lowest BCUT2D eigenvalue weighted by Crippen LogP contribution is -2.53. The third-order valence-corrected chi connectivity index (χ3v) is 7.98. The number of amides is 2. The molecule has 0 radical (unpaired) electrons. The zero-order chi connectivity index (χ0) is 30.2. The second-order valence-corrected chi connectivity index (χ2v) is 12.6. The summed E-state index contributed by atoms with van der Waals surface area (Å²) in [5.74, 6) is -1.01. The molecule has 218 valence electrons. The van der Waals surface area contributed by atoms with E-state index in [-0.39, 0.29) is 36.3 Å². The molecule has 2 amide bonds. The number of rotatable bonds is 13. The summed E-state index contributed by atoms with van der Waals surface area (Å²) in [6, 6.07) is 21.5. The van der Waals surface area contributed by atoms with Crippen LogP contribution < -0.4 is 9.62 Å². The molecule has 0 aliphatic heterocycles. The fraction of sp³-hybridized carbons (Fsp3) is 0.323. The highest BCUT2D eigenvalue weighted by atomic mass is 35.5. The van der Waals surface area contributed by atoms with Crippen molar-refractivity contribution in [1.29, 1.82) is 0 Å². The topological polar surface area (TPSA) is 104 Å². The quantitative estimate of drug-likeness (QED) is 0.287. The van der Waals surface area contributed by atoms with Crippen molar-refractivity contribution in [2.75, 3.05) is 23.7 Å². The lowest BCUT2D eigenvalue weighted by molar-refractivity contribution is -0.140. The lowest BCUT2D eigenvalue weighted by atomic mass is 10.0. The van der Waals surface area contributed by atoms with Gasteiger partial charge in [-0.3, -0.25) is 18.7 Å². The number of nitrogens with zero attached hydrogens (tertiary/aromatic N) is 2. The van der Waals surface area contributed by atoms with Gasteiger partial charge in [0.2, 0.25) is 21.8 Å². The van der Waals surface area contributed by atoms with Crippen LogP contribution in [0.15, 0.2) is 78.9 Å². The van der Waals surface area contributed by atoms with Gasteiger partial charge in [-0.1, -0.05) is 86.1 Å². The molecule has 10 heteroatoms. The summed E-state index contributed by atoms with van der Waals surface area (Å²) in [4.78, 5) is 41.1. The molecule has 0 aromatic heterocycles. The average Bonchev–Trinajstić information content (AvgIpc) is 2.93. The van der Waals surface area contributed by atoms with Crippen molar-refractivity contribution < 1.29 is 22.8 Å². The van der Waals surface area contributed by atoms with E-state index in [1.54, 1.807) is 36.4 Å². The normalized spacial score (nSPS) is 12.0. The van der Waals surface area contributed by atoms with Crippen molar-refractivity contribution in [3.8, 4) is 0 Å². The summed E-state index contributed by atoms with van der Waals surface area (Å²) in [5.41, 5.74) is 1.94. The van der Waals surface area contributed by atoms with Crippen LogP contribution in [0.2, 0.25) is 5.02 Å². The van der Waals surface area contributed by atoms with Crippen LogP contribution in [-0.2, 0) is 32.6 Å². The van der Waals surface area contributed by atoms with E-state index < -0.39 is 28.5 Å². The predicted molar refractivity (Wildman–Crippen MR) is 162 cm³/mol. The maximum atomic E-state index is 14.1. The summed E-state index contributed by atoms with van der Waals surface area (Å²) in [5, 5.41) is 3.36. The number of anilines is 1. The van der Waals surface area contributed by atoms with Gasteiger partial charge in [0.1, 0.15) is 12.6 Å². The number of hydrogen-bond acceptors (Lipinski definition) is 5. The molecule has 0 saturated carbocycles. The zero-order valence-electron chi connectivity index (χ0n) is 23.7. The Morgan fingerprint density at radius 1 is 0.927 bits per heavy atom. The molecule has 8 nitrogen and oxygen atoms in total. The zero-order valence-corrected chi connectivity index (χ0v) is 25.3. The summed E-state index contributed by atoms with van der Waals surface area (Å²) in [7, 11) is -3.95.